The van der Waals surface area contributed by atoms with Gasteiger partial charge in [-0.25, -0.2) is 0 Å². The van der Waals surface area contributed by atoms with Crippen LogP contribution in [0.5, 0.6) is 11.5 Å². The number of aryl methyl sites for hydroxylation is 1. The Morgan fingerprint density at radius 2 is 2.14 bits per heavy atom. The first kappa shape index (κ1) is 15.3. The zero-order chi connectivity index (χ0) is 15.1. The van der Waals surface area contributed by atoms with Crippen molar-refractivity contribution in [1.82, 2.24) is 15.5 Å². The van der Waals surface area contributed by atoms with E-state index in [4.69, 9.17) is 14.0 Å². The van der Waals surface area contributed by atoms with Gasteiger partial charge in [0.05, 0.1) is 7.11 Å². The van der Waals surface area contributed by atoms with Gasteiger partial charge in [-0.3, -0.25) is 0 Å². The van der Waals surface area contributed by atoms with Crippen LogP contribution in [0.4, 0.5) is 0 Å². The van der Waals surface area contributed by atoms with Gasteiger partial charge in [-0.2, -0.15) is 4.98 Å². The Bertz CT molecular complexity index is 569. The number of aromatic nitrogens is 2. The molecule has 0 saturated heterocycles. The second-order valence-electron chi connectivity index (χ2n) is 4.48. The average molecular weight is 291 g/mol. The van der Waals surface area contributed by atoms with E-state index in [9.17, 15) is 0 Å². The number of hydrogen-bond acceptors (Lipinski definition) is 6. The minimum absolute atomic E-state index is 0.253. The summed E-state index contributed by atoms with van der Waals surface area (Å²) in [7, 11) is 1.63. The van der Waals surface area contributed by atoms with Crippen molar-refractivity contribution in [3.05, 3.63) is 35.5 Å². The molecule has 2 rings (SSSR count). The zero-order valence-electron chi connectivity index (χ0n) is 12.7. The summed E-state index contributed by atoms with van der Waals surface area (Å²) in [5.74, 6) is 2.56. The number of benzene rings is 1. The molecule has 0 aliphatic rings. The summed E-state index contributed by atoms with van der Waals surface area (Å²) in [5, 5.41) is 7.16. The van der Waals surface area contributed by atoms with Crippen LogP contribution >= 0.6 is 0 Å². The number of rotatable bonds is 8. The first-order valence-corrected chi connectivity index (χ1v) is 7.09. The highest BCUT2D eigenvalue weighted by Gasteiger charge is 2.12. The highest BCUT2D eigenvalue weighted by Crippen LogP contribution is 2.31. The fourth-order valence-corrected chi connectivity index (χ4v) is 1.91. The monoisotopic (exact) mass is 291 g/mol. The maximum Gasteiger partial charge on any atom is 0.226 e. The summed E-state index contributed by atoms with van der Waals surface area (Å²) >= 11 is 0. The molecule has 6 nitrogen and oxygen atoms in total. The fraction of sp³-hybridized carbons (Fsp3) is 0.467. The topological polar surface area (TPSA) is 69.4 Å². The lowest BCUT2D eigenvalue weighted by Crippen LogP contribution is -2.13. The molecule has 0 amide bonds. The lowest BCUT2D eigenvalue weighted by Gasteiger charge is -2.14. The molecule has 0 saturated carbocycles. The fourth-order valence-electron chi connectivity index (χ4n) is 1.91. The summed E-state index contributed by atoms with van der Waals surface area (Å²) < 4.78 is 16.3. The standard InChI is InChI=1S/C15H21N3O3/c1-4-14-17-13(18-21-14)10-20-15-11(9-16-5-2)7-6-8-12(15)19-3/h6-8,16H,4-5,9-10H2,1-3H3. The molecule has 1 heterocycles. The highest BCUT2D eigenvalue weighted by molar-refractivity contribution is 5.46. The summed E-state index contributed by atoms with van der Waals surface area (Å²) in [6.07, 6.45) is 0.716. The van der Waals surface area contributed by atoms with Crippen LogP contribution in [0.3, 0.4) is 0 Å². The Balaban J connectivity index is 2.12. The third kappa shape index (κ3) is 3.95. The van der Waals surface area contributed by atoms with Gasteiger partial charge in [0.2, 0.25) is 11.7 Å². The van der Waals surface area contributed by atoms with E-state index in [0.29, 0.717) is 29.6 Å². The van der Waals surface area contributed by atoms with Gasteiger partial charge < -0.3 is 19.3 Å². The van der Waals surface area contributed by atoms with E-state index < -0.39 is 0 Å². The second-order valence-corrected chi connectivity index (χ2v) is 4.48. The molecule has 0 aliphatic heterocycles. The molecule has 114 valence electrons. The Kier molecular flexibility index (Phi) is 5.57. The van der Waals surface area contributed by atoms with Gasteiger partial charge in [-0.15, -0.1) is 0 Å². The molecule has 0 aliphatic carbocycles. The maximum atomic E-state index is 5.85. The molecule has 0 spiro atoms. The van der Waals surface area contributed by atoms with Crippen molar-refractivity contribution in [1.29, 1.82) is 0 Å². The first-order valence-electron chi connectivity index (χ1n) is 7.09. The van der Waals surface area contributed by atoms with Crippen LogP contribution in [0.25, 0.3) is 0 Å². The lowest BCUT2D eigenvalue weighted by molar-refractivity contribution is 0.266. The maximum absolute atomic E-state index is 5.85. The van der Waals surface area contributed by atoms with E-state index in [-0.39, 0.29) is 6.61 Å². The minimum atomic E-state index is 0.253. The molecule has 0 radical (unpaired) electrons. The Hall–Kier alpha value is -2.08. The molecule has 1 aromatic carbocycles. The van der Waals surface area contributed by atoms with E-state index >= 15 is 0 Å². The molecular weight excluding hydrogens is 270 g/mol. The van der Waals surface area contributed by atoms with E-state index in [1.54, 1.807) is 7.11 Å². The number of para-hydroxylation sites is 1. The normalized spacial score (nSPS) is 10.6. The molecule has 0 fully saturated rings. The van der Waals surface area contributed by atoms with Crippen LogP contribution in [0.15, 0.2) is 22.7 Å². The quantitative estimate of drug-likeness (QED) is 0.805. The van der Waals surface area contributed by atoms with Crippen LogP contribution in [0.1, 0.15) is 31.1 Å². The molecule has 6 heteroatoms. The number of methoxy groups -OCH3 is 1. The Morgan fingerprint density at radius 1 is 1.29 bits per heavy atom. The summed E-state index contributed by atoms with van der Waals surface area (Å²) in [6.45, 7) is 5.89. The second kappa shape index (κ2) is 7.64. The van der Waals surface area contributed by atoms with Gasteiger partial charge in [0.15, 0.2) is 18.1 Å². The van der Waals surface area contributed by atoms with Gasteiger partial charge in [0.25, 0.3) is 0 Å². The summed E-state index contributed by atoms with van der Waals surface area (Å²) in [6, 6.07) is 5.83. The number of hydrogen-bond donors (Lipinski definition) is 1. The van der Waals surface area contributed by atoms with E-state index in [1.807, 2.05) is 25.1 Å². The predicted octanol–water partition coefficient (Wildman–Crippen LogP) is 2.33. The van der Waals surface area contributed by atoms with E-state index in [0.717, 1.165) is 18.7 Å². The smallest absolute Gasteiger partial charge is 0.226 e. The van der Waals surface area contributed by atoms with E-state index in [2.05, 4.69) is 22.4 Å². The third-order valence-corrected chi connectivity index (χ3v) is 3.00. The van der Waals surface area contributed by atoms with Crippen molar-refractivity contribution in [2.24, 2.45) is 0 Å². The zero-order valence-corrected chi connectivity index (χ0v) is 12.7. The van der Waals surface area contributed by atoms with Crippen molar-refractivity contribution in [3.8, 4) is 11.5 Å². The van der Waals surface area contributed by atoms with Gasteiger partial charge in [0, 0.05) is 18.5 Å². The molecule has 1 N–H and O–H groups in total. The van der Waals surface area contributed by atoms with E-state index in [1.165, 1.54) is 0 Å². The van der Waals surface area contributed by atoms with Crippen LogP contribution in [0.2, 0.25) is 0 Å². The molecule has 21 heavy (non-hydrogen) atoms. The van der Waals surface area contributed by atoms with Crippen LogP contribution < -0.4 is 14.8 Å². The van der Waals surface area contributed by atoms with Crippen molar-refractivity contribution < 1.29 is 14.0 Å². The number of nitrogens with one attached hydrogen (secondary N) is 1. The average Bonchev–Trinajstić information content (AvgIpc) is 2.99. The molecule has 0 unspecified atom stereocenters. The Morgan fingerprint density at radius 3 is 2.81 bits per heavy atom. The predicted molar refractivity (Wildman–Crippen MR) is 78.4 cm³/mol. The first-order chi connectivity index (χ1) is 10.3. The SMILES string of the molecule is CCNCc1cccc(OC)c1OCc1noc(CC)n1. The van der Waals surface area contributed by atoms with Crippen LogP contribution in [0, 0.1) is 0 Å². The summed E-state index contributed by atoms with van der Waals surface area (Å²) in [4.78, 5) is 4.23. The van der Waals surface area contributed by atoms with Gasteiger partial charge in [0.1, 0.15) is 0 Å². The van der Waals surface area contributed by atoms with Crippen LogP contribution in [-0.4, -0.2) is 23.8 Å². The van der Waals surface area contributed by atoms with Crippen LogP contribution in [-0.2, 0) is 19.6 Å². The van der Waals surface area contributed by atoms with Crippen molar-refractivity contribution in [2.45, 2.75) is 33.4 Å². The number of ether oxygens (including phenoxy) is 2. The third-order valence-electron chi connectivity index (χ3n) is 3.00. The van der Waals surface area contributed by atoms with Gasteiger partial charge in [-0.1, -0.05) is 31.1 Å². The number of nitrogens with zero attached hydrogens (tertiary/aromatic N) is 2. The minimum Gasteiger partial charge on any atom is -0.493 e. The molecule has 2 aromatic rings. The molecule has 1 aromatic heterocycles. The van der Waals surface area contributed by atoms with Gasteiger partial charge in [-0.05, 0) is 12.6 Å². The molecule has 0 atom stereocenters. The largest absolute Gasteiger partial charge is 0.493 e. The van der Waals surface area contributed by atoms with Crippen molar-refractivity contribution in [2.75, 3.05) is 13.7 Å². The highest BCUT2D eigenvalue weighted by atomic mass is 16.5. The Labute approximate surface area is 124 Å². The summed E-state index contributed by atoms with van der Waals surface area (Å²) in [5.41, 5.74) is 1.04. The van der Waals surface area contributed by atoms with Gasteiger partial charge >= 0.3 is 0 Å². The van der Waals surface area contributed by atoms with Crippen molar-refractivity contribution in [3.63, 3.8) is 0 Å². The lowest BCUT2D eigenvalue weighted by atomic mass is 10.2. The molecule has 0 bridgehead atoms. The van der Waals surface area contributed by atoms with Crippen molar-refractivity contribution >= 4 is 0 Å². The molecular formula is C15H21N3O3.